The smallest absolute Gasteiger partial charge is 0.419 e. The molecule has 3 aromatic rings. The van der Waals surface area contributed by atoms with Crippen LogP contribution in [-0.2, 0) is 31.7 Å². The topological polar surface area (TPSA) is 92.8 Å². The Bertz CT molecular complexity index is 1590. The van der Waals surface area contributed by atoms with Crippen molar-refractivity contribution in [2.24, 2.45) is 0 Å². The zero-order valence-corrected chi connectivity index (χ0v) is 24.8. The first-order valence-corrected chi connectivity index (χ1v) is 14.6. The number of carbonyl (C=O) groups excluding carboxylic acids is 4. The number of hydrogen-bond acceptors (Lipinski definition) is 7. The second-order valence-corrected chi connectivity index (χ2v) is 12.5. The normalized spacial score (nSPS) is 14.9. The average Bonchev–Trinajstić information content (AvgIpc) is 3.46. The molecule has 226 valence electrons. The van der Waals surface area contributed by atoms with Crippen LogP contribution in [0.15, 0.2) is 58.8 Å². The lowest BCUT2D eigenvalue weighted by atomic mass is 10.0. The number of amides is 3. The number of carbonyl (C=O) groups is 4. The number of imide groups is 1. The molecule has 0 aliphatic carbocycles. The first-order valence-electron chi connectivity index (χ1n) is 12.9. The van der Waals surface area contributed by atoms with Gasteiger partial charge in [-0.25, -0.2) is 4.39 Å². The Morgan fingerprint density at radius 3 is 2.35 bits per heavy atom. The Labute approximate surface area is 252 Å². The molecule has 3 amide bonds. The predicted molar refractivity (Wildman–Crippen MR) is 157 cm³/mol. The molecule has 0 radical (unpaired) electrons. The van der Waals surface area contributed by atoms with Crippen LogP contribution >= 0.6 is 23.1 Å². The number of rotatable bonds is 8. The van der Waals surface area contributed by atoms with Gasteiger partial charge in [0.2, 0.25) is 5.91 Å². The number of anilines is 1. The number of nitrogens with one attached hydrogen (secondary N) is 1. The third-order valence-corrected chi connectivity index (χ3v) is 7.73. The number of thioether (sulfide) groups is 1. The van der Waals surface area contributed by atoms with Gasteiger partial charge >= 0.3 is 12.1 Å². The Balaban J connectivity index is 1.33. The third kappa shape index (κ3) is 8.54. The fraction of sp³-hybridized carbons (Fsp3) is 0.267. The molecule has 0 atom stereocenters. The summed E-state index contributed by atoms with van der Waals surface area (Å²) in [6, 6.07) is 10.9. The molecule has 4 rings (SSSR count). The molecular weight excluding hydrogens is 608 g/mol. The Hall–Kier alpha value is -3.97. The van der Waals surface area contributed by atoms with E-state index in [-0.39, 0.29) is 35.8 Å². The molecule has 43 heavy (non-hydrogen) atoms. The van der Waals surface area contributed by atoms with Gasteiger partial charge in [0.1, 0.15) is 11.4 Å². The van der Waals surface area contributed by atoms with Gasteiger partial charge in [-0.05, 0) is 91.0 Å². The highest BCUT2D eigenvalue weighted by atomic mass is 32.2. The van der Waals surface area contributed by atoms with E-state index >= 15 is 0 Å². The van der Waals surface area contributed by atoms with Gasteiger partial charge in [0.25, 0.3) is 11.1 Å². The minimum absolute atomic E-state index is 0.0796. The van der Waals surface area contributed by atoms with Crippen LogP contribution in [0.4, 0.5) is 28.0 Å². The fourth-order valence-corrected chi connectivity index (χ4v) is 5.79. The van der Waals surface area contributed by atoms with E-state index in [1.807, 2.05) is 0 Å². The quantitative estimate of drug-likeness (QED) is 0.157. The summed E-state index contributed by atoms with van der Waals surface area (Å²) in [6.07, 6.45) is -3.47. The van der Waals surface area contributed by atoms with Crippen molar-refractivity contribution in [3.8, 4) is 11.1 Å². The highest BCUT2D eigenvalue weighted by Crippen LogP contribution is 2.37. The van der Waals surface area contributed by atoms with Gasteiger partial charge in [-0.15, -0.1) is 11.3 Å². The van der Waals surface area contributed by atoms with Gasteiger partial charge in [-0.3, -0.25) is 24.1 Å². The fourth-order valence-electron chi connectivity index (χ4n) is 4.01. The first kappa shape index (κ1) is 32.0. The van der Waals surface area contributed by atoms with E-state index in [9.17, 15) is 36.7 Å². The molecule has 7 nitrogen and oxygen atoms in total. The van der Waals surface area contributed by atoms with Crippen molar-refractivity contribution >= 4 is 57.9 Å². The second kappa shape index (κ2) is 12.7. The van der Waals surface area contributed by atoms with Crippen LogP contribution in [0.2, 0.25) is 0 Å². The maximum atomic E-state index is 13.6. The molecule has 2 aromatic carbocycles. The van der Waals surface area contributed by atoms with Crippen LogP contribution < -0.4 is 5.32 Å². The zero-order chi connectivity index (χ0) is 31.5. The predicted octanol–water partition coefficient (Wildman–Crippen LogP) is 7.52. The lowest BCUT2D eigenvalue weighted by Crippen LogP contribution is -2.31. The number of ether oxygens (including phenoxy) is 1. The molecule has 1 aromatic heterocycles. The number of halogens is 4. The molecule has 1 aliphatic heterocycles. The number of esters is 1. The van der Waals surface area contributed by atoms with Gasteiger partial charge in [0.15, 0.2) is 0 Å². The Morgan fingerprint density at radius 1 is 1.00 bits per heavy atom. The van der Waals surface area contributed by atoms with Crippen molar-refractivity contribution in [2.45, 2.75) is 45.4 Å². The molecule has 1 fully saturated rings. The molecule has 1 saturated heterocycles. The van der Waals surface area contributed by atoms with Crippen LogP contribution in [0.3, 0.4) is 0 Å². The molecule has 0 bridgehead atoms. The van der Waals surface area contributed by atoms with E-state index in [1.165, 1.54) is 18.2 Å². The molecule has 0 unspecified atom stereocenters. The summed E-state index contributed by atoms with van der Waals surface area (Å²) in [5.41, 5.74) is -0.234. The van der Waals surface area contributed by atoms with Crippen molar-refractivity contribution in [3.05, 3.63) is 80.6 Å². The monoisotopic (exact) mass is 634 g/mol. The largest absolute Gasteiger partial charge is 0.460 e. The van der Waals surface area contributed by atoms with Gasteiger partial charge in [0, 0.05) is 23.5 Å². The third-order valence-electron chi connectivity index (χ3n) is 5.94. The van der Waals surface area contributed by atoms with E-state index in [4.69, 9.17) is 4.74 Å². The van der Waals surface area contributed by atoms with Crippen molar-refractivity contribution in [2.75, 3.05) is 11.9 Å². The lowest BCUT2D eigenvalue weighted by molar-refractivity contribution is -0.154. The summed E-state index contributed by atoms with van der Waals surface area (Å²) in [4.78, 5) is 51.4. The SMILES string of the molecule is CC(C)(C)OC(=O)Cc1ccc(NC(=O)CCN2C(=O)S/C(=C\c3cc(-c4ccc(F)c(C(F)(F)F)c4)cs3)C2=O)cc1. The Morgan fingerprint density at radius 2 is 1.70 bits per heavy atom. The second-order valence-electron chi connectivity index (χ2n) is 10.5. The first-order chi connectivity index (χ1) is 20.1. The summed E-state index contributed by atoms with van der Waals surface area (Å²) in [7, 11) is 0. The van der Waals surface area contributed by atoms with Gasteiger partial charge in [-0.2, -0.15) is 13.2 Å². The van der Waals surface area contributed by atoms with Crippen LogP contribution in [-0.4, -0.2) is 40.1 Å². The van der Waals surface area contributed by atoms with Gasteiger partial charge < -0.3 is 10.1 Å². The Kier molecular flexibility index (Phi) is 9.45. The summed E-state index contributed by atoms with van der Waals surface area (Å²) >= 11 is 1.83. The maximum absolute atomic E-state index is 13.6. The lowest BCUT2D eigenvalue weighted by Gasteiger charge is -2.19. The standard InChI is InChI=1S/C30H26F4N2O5S2/c1-29(2,3)41-26(38)12-17-4-7-20(8-5-17)35-25(37)10-11-36-27(39)24(43-28(36)40)15-21-13-19(16-42-21)18-6-9-23(31)22(14-18)30(32,33)34/h4-9,13-16H,10-12H2,1-3H3,(H,35,37)/b24-15-. The van der Waals surface area contributed by atoms with Crippen LogP contribution in [0, 0.1) is 5.82 Å². The summed E-state index contributed by atoms with van der Waals surface area (Å²) in [5, 5.41) is 3.69. The van der Waals surface area contributed by atoms with E-state index < -0.39 is 40.2 Å². The van der Waals surface area contributed by atoms with E-state index in [2.05, 4.69) is 5.32 Å². The highest BCUT2D eigenvalue weighted by molar-refractivity contribution is 8.18. The molecule has 13 heteroatoms. The van der Waals surface area contributed by atoms with E-state index in [0.29, 0.717) is 33.5 Å². The number of nitrogens with zero attached hydrogens (tertiary/aromatic N) is 1. The molecule has 1 N–H and O–H groups in total. The zero-order valence-electron chi connectivity index (χ0n) is 23.2. The summed E-state index contributed by atoms with van der Waals surface area (Å²) < 4.78 is 58.2. The molecule has 2 heterocycles. The molecule has 1 aliphatic rings. The van der Waals surface area contributed by atoms with Crippen LogP contribution in [0.1, 0.15) is 43.2 Å². The maximum Gasteiger partial charge on any atom is 0.419 e. The van der Waals surface area contributed by atoms with E-state index in [1.54, 1.807) is 50.4 Å². The summed E-state index contributed by atoms with van der Waals surface area (Å²) in [5.74, 6) is -2.77. The van der Waals surface area contributed by atoms with E-state index in [0.717, 1.165) is 28.4 Å². The van der Waals surface area contributed by atoms with Crippen molar-refractivity contribution in [3.63, 3.8) is 0 Å². The number of benzene rings is 2. The van der Waals surface area contributed by atoms with Gasteiger partial charge in [0.05, 0.1) is 16.9 Å². The summed E-state index contributed by atoms with van der Waals surface area (Å²) in [6.45, 7) is 5.18. The number of thiophene rings is 1. The van der Waals surface area contributed by atoms with Crippen LogP contribution in [0.5, 0.6) is 0 Å². The van der Waals surface area contributed by atoms with Gasteiger partial charge in [-0.1, -0.05) is 18.2 Å². The number of hydrogen-bond donors (Lipinski definition) is 1. The number of alkyl halides is 3. The highest BCUT2D eigenvalue weighted by Gasteiger charge is 2.36. The van der Waals surface area contributed by atoms with Crippen molar-refractivity contribution in [1.29, 1.82) is 0 Å². The van der Waals surface area contributed by atoms with Crippen molar-refractivity contribution < 1.29 is 41.5 Å². The molecule has 0 saturated carbocycles. The molecular formula is C30H26F4N2O5S2. The molecule has 0 spiro atoms. The minimum Gasteiger partial charge on any atom is -0.460 e. The minimum atomic E-state index is -4.84. The van der Waals surface area contributed by atoms with Crippen molar-refractivity contribution in [1.82, 2.24) is 4.90 Å². The van der Waals surface area contributed by atoms with Crippen LogP contribution in [0.25, 0.3) is 17.2 Å². The average molecular weight is 635 g/mol.